The zero-order valence-electron chi connectivity index (χ0n) is 13.6. The number of aromatic amines is 2. The van der Waals surface area contributed by atoms with E-state index >= 15 is 0 Å². The predicted molar refractivity (Wildman–Crippen MR) is 96.8 cm³/mol. The number of carbonyl (C=O) groups is 2. The van der Waals surface area contributed by atoms with Crippen molar-refractivity contribution >= 4 is 40.6 Å². The Bertz CT molecular complexity index is 903. The molecule has 0 aliphatic rings. The number of amides is 2. The zero-order valence-corrected chi connectivity index (χ0v) is 14.4. The summed E-state index contributed by atoms with van der Waals surface area (Å²) < 4.78 is 0. The number of anilines is 1. The summed E-state index contributed by atoms with van der Waals surface area (Å²) in [6.45, 7) is 2.13. The molecule has 1 aromatic carbocycles. The van der Waals surface area contributed by atoms with E-state index in [9.17, 15) is 9.59 Å². The number of rotatable bonds is 7. The van der Waals surface area contributed by atoms with E-state index in [0.29, 0.717) is 22.5 Å². The Kier molecular flexibility index (Phi) is 5.03. The molecule has 0 bridgehead atoms. The highest BCUT2D eigenvalue weighted by Crippen LogP contribution is 2.27. The van der Waals surface area contributed by atoms with Gasteiger partial charge in [0, 0.05) is 17.3 Å². The van der Waals surface area contributed by atoms with Gasteiger partial charge in [-0.1, -0.05) is 13.3 Å². The van der Waals surface area contributed by atoms with Crippen LogP contribution < -0.4 is 11.1 Å². The first-order valence-corrected chi connectivity index (χ1v) is 8.84. The fourth-order valence-corrected chi connectivity index (χ4v) is 3.38. The van der Waals surface area contributed by atoms with Gasteiger partial charge in [0.15, 0.2) is 5.82 Å². The fraction of sp³-hybridized carbons (Fsp3) is 0.250. The highest BCUT2D eigenvalue weighted by molar-refractivity contribution is 7.99. The second kappa shape index (κ2) is 7.39. The van der Waals surface area contributed by atoms with Crippen LogP contribution in [0, 0.1) is 0 Å². The summed E-state index contributed by atoms with van der Waals surface area (Å²) >= 11 is 1.65. The number of nitrogens with two attached hydrogens (primary N) is 1. The summed E-state index contributed by atoms with van der Waals surface area (Å²) in [5.41, 5.74) is 6.65. The van der Waals surface area contributed by atoms with Crippen molar-refractivity contribution in [2.75, 3.05) is 11.1 Å². The van der Waals surface area contributed by atoms with Crippen LogP contribution in [0.5, 0.6) is 0 Å². The number of thioether (sulfide) groups is 1. The van der Waals surface area contributed by atoms with Crippen molar-refractivity contribution in [1.82, 2.24) is 19.9 Å². The molecular formula is C16H18N6O2S. The van der Waals surface area contributed by atoms with Crippen LogP contribution in [0.4, 0.5) is 5.95 Å². The number of fused-ring (bicyclic) bond motifs is 1. The molecule has 2 aromatic heterocycles. The van der Waals surface area contributed by atoms with Gasteiger partial charge in [-0.3, -0.25) is 14.9 Å². The minimum atomic E-state index is -0.672. The third-order valence-corrected chi connectivity index (χ3v) is 4.60. The standard InChI is InChI=1S/C16H18N6O2S/c1-2-3-6-25-9-7-10(15(24)22-16-18-4-5-19-16)12-11(8-9)20-14(21-12)13(17)23/h4-5,7-8H,2-3,6H2,1H3,(H2,17,23)(H,20,21)(H2,18,19,22,24). The van der Waals surface area contributed by atoms with E-state index in [0.717, 1.165) is 23.5 Å². The highest BCUT2D eigenvalue weighted by atomic mass is 32.2. The second-order valence-corrected chi connectivity index (χ2v) is 6.58. The molecule has 0 fully saturated rings. The Morgan fingerprint density at radius 2 is 2.20 bits per heavy atom. The lowest BCUT2D eigenvalue weighted by molar-refractivity contribution is 0.0989. The maximum atomic E-state index is 12.6. The van der Waals surface area contributed by atoms with Gasteiger partial charge in [0.25, 0.3) is 11.8 Å². The number of primary amides is 1. The lowest BCUT2D eigenvalue weighted by Crippen LogP contribution is -2.14. The summed E-state index contributed by atoms with van der Waals surface area (Å²) in [5.74, 6) is 0.276. The second-order valence-electron chi connectivity index (χ2n) is 5.41. The molecule has 3 rings (SSSR count). The van der Waals surface area contributed by atoms with Crippen molar-refractivity contribution in [3.63, 3.8) is 0 Å². The Morgan fingerprint density at radius 3 is 2.88 bits per heavy atom. The van der Waals surface area contributed by atoms with E-state index in [1.807, 2.05) is 6.07 Å². The number of imidazole rings is 2. The van der Waals surface area contributed by atoms with Gasteiger partial charge in [0.2, 0.25) is 5.95 Å². The average molecular weight is 358 g/mol. The summed E-state index contributed by atoms with van der Waals surface area (Å²) in [7, 11) is 0. The van der Waals surface area contributed by atoms with Crippen molar-refractivity contribution in [2.45, 2.75) is 24.7 Å². The zero-order chi connectivity index (χ0) is 17.8. The maximum Gasteiger partial charge on any atom is 0.284 e. The van der Waals surface area contributed by atoms with Crippen LogP contribution >= 0.6 is 11.8 Å². The van der Waals surface area contributed by atoms with Crippen molar-refractivity contribution in [1.29, 1.82) is 0 Å². The molecule has 25 heavy (non-hydrogen) atoms. The molecule has 0 spiro atoms. The number of hydrogen-bond acceptors (Lipinski definition) is 5. The van der Waals surface area contributed by atoms with Gasteiger partial charge in [-0.25, -0.2) is 9.97 Å². The molecule has 0 unspecified atom stereocenters. The van der Waals surface area contributed by atoms with Gasteiger partial charge in [0.05, 0.1) is 11.1 Å². The molecule has 9 heteroatoms. The van der Waals surface area contributed by atoms with Crippen LogP contribution in [0.15, 0.2) is 29.4 Å². The summed E-state index contributed by atoms with van der Waals surface area (Å²) in [5, 5.41) is 2.68. The van der Waals surface area contributed by atoms with Crippen LogP contribution in [-0.4, -0.2) is 37.5 Å². The first kappa shape index (κ1) is 17.0. The summed E-state index contributed by atoms with van der Waals surface area (Å²) in [4.78, 5) is 38.8. The molecular weight excluding hydrogens is 340 g/mol. The number of H-pyrrole nitrogens is 2. The number of nitrogens with one attached hydrogen (secondary N) is 3. The smallest absolute Gasteiger partial charge is 0.284 e. The van der Waals surface area contributed by atoms with Crippen LogP contribution in [0.3, 0.4) is 0 Å². The molecule has 0 saturated heterocycles. The molecule has 130 valence electrons. The first-order chi connectivity index (χ1) is 12.1. The quantitative estimate of drug-likeness (QED) is 0.381. The topological polar surface area (TPSA) is 130 Å². The molecule has 2 heterocycles. The predicted octanol–water partition coefficient (Wildman–Crippen LogP) is 2.53. The fourth-order valence-electron chi connectivity index (χ4n) is 2.31. The number of carbonyl (C=O) groups excluding carboxylic acids is 2. The Labute approximate surface area is 148 Å². The van der Waals surface area contributed by atoms with Gasteiger partial charge < -0.3 is 15.7 Å². The molecule has 2 amide bonds. The molecule has 3 aromatic rings. The third kappa shape index (κ3) is 3.82. The lowest BCUT2D eigenvalue weighted by Gasteiger charge is -2.06. The highest BCUT2D eigenvalue weighted by Gasteiger charge is 2.18. The third-order valence-electron chi connectivity index (χ3n) is 3.53. The molecule has 0 aliphatic carbocycles. The van der Waals surface area contributed by atoms with Gasteiger partial charge in [-0.2, -0.15) is 0 Å². The minimum absolute atomic E-state index is 0.0257. The van der Waals surface area contributed by atoms with Crippen molar-refractivity contribution in [3.05, 3.63) is 35.9 Å². The monoisotopic (exact) mass is 358 g/mol. The van der Waals surface area contributed by atoms with E-state index in [-0.39, 0.29) is 11.7 Å². The largest absolute Gasteiger partial charge is 0.363 e. The van der Waals surface area contributed by atoms with E-state index in [4.69, 9.17) is 5.73 Å². The normalized spacial score (nSPS) is 10.9. The summed E-state index contributed by atoms with van der Waals surface area (Å²) in [6, 6.07) is 3.64. The Hall–Kier alpha value is -2.81. The number of unbranched alkanes of at least 4 members (excludes halogenated alkanes) is 1. The van der Waals surface area contributed by atoms with Gasteiger partial charge in [-0.15, -0.1) is 11.8 Å². The number of nitrogens with zero attached hydrogens (tertiary/aromatic N) is 2. The van der Waals surface area contributed by atoms with Crippen LogP contribution in [0.25, 0.3) is 11.0 Å². The number of hydrogen-bond donors (Lipinski definition) is 4. The van der Waals surface area contributed by atoms with Crippen molar-refractivity contribution < 1.29 is 9.59 Å². The molecule has 0 atom stereocenters. The van der Waals surface area contributed by atoms with E-state index in [1.165, 1.54) is 0 Å². The summed E-state index contributed by atoms with van der Waals surface area (Å²) in [6.07, 6.45) is 5.33. The van der Waals surface area contributed by atoms with Gasteiger partial charge >= 0.3 is 0 Å². The maximum absolute atomic E-state index is 12.6. The SMILES string of the molecule is CCCCSc1cc(C(=O)Nc2ncc[nH]2)c2nc(C(N)=O)[nH]c2c1. The minimum Gasteiger partial charge on any atom is -0.363 e. The number of aromatic nitrogens is 4. The average Bonchev–Trinajstić information content (AvgIpc) is 3.23. The molecule has 0 saturated carbocycles. The van der Waals surface area contributed by atoms with Crippen molar-refractivity contribution in [3.8, 4) is 0 Å². The Balaban J connectivity index is 1.99. The molecule has 0 radical (unpaired) electrons. The first-order valence-electron chi connectivity index (χ1n) is 7.85. The van der Waals surface area contributed by atoms with Crippen LogP contribution in [0.1, 0.15) is 40.7 Å². The van der Waals surface area contributed by atoms with E-state index < -0.39 is 5.91 Å². The molecule has 8 nitrogen and oxygen atoms in total. The van der Waals surface area contributed by atoms with Crippen molar-refractivity contribution in [2.24, 2.45) is 5.73 Å². The van der Waals surface area contributed by atoms with Crippen LogP contribution in [-0.2, 0) is 0 Å². The van der Waals surface area contributed by atoms with Gasteiger partial charge in [0.1, 0.15) is 5.52 Å². The number of benzene rings is 1. The molecule has 0 aliphatic heterocycles. The Morgan fingerprint density at radius 1 is 1.36 bits per heavy atom. The van der Waals surface area contributed by atoms with Crippen LogP contribution in [0.2, 0.25) is 0 Å². The lowest BCUT2D eigenvalue weighted by atomic mass is 10.1. The van der Waals surface area contributed by atoms with Gasteiger partial charge in [-0.05, 0) is 24.3 Å². The van der Waals surface area contributed by atoms with E-state index in [1.54, 1.807) is 30.2 Å². The molecule has 5 N–H and O–H groups in total. The van der Waals surface area contributed by atoms with E-state index in [2.05, 4.69) is 32.2 Å².